The minimum Gasteiger partial charge on any atom is -1.00 e. The van der Waals surface area contributed by atoms with Crippen LogP contribution in [0, 0.1) is 0 Å². The molecule has 0 bridgehead atoms. The SMILES string of the molecule is CN(C)P(=N[P+]1(NC(C)(C)C)NCCCN1C)(N(C)C)N(C)C.[I-]. The monoisotopic (exact) mass is 493 g/mol. The van der Waals surface area contributed by atoms with Crippen molar-refractivity contribution in [2.45, 2.75) is 32.7 Å². The zero-order valence-corrected chi connectivity index (χ0v) is 21.1. The van der Waals surface area contributed by atoms with E-state index in [0.29, 0.717) is 0 Å². The van der Waals surface area contributed by atoms with E-state index in [2.05, 4.69) is 99.0 Å². The highest BCUT2D eigenvalue weighted by molar-refractivity contribution is 7.76. The van der Waals surface area contributed by atoms with Crippen molar-refractivity contribution in [1.82, 2.24) is 28.9 Å². The maximum Gasteiger partial charge on any atom is 0.352 e. The molecule has 7 nitrogen and oxygen atoms in total. The molecule has 1 heterocycles. The second-order valence-electron chi connectivity index (χ2n) is 7.77. The molecule has 1 aliphatic rings. The molecule has 1 fully saturated rings. The van der Waals surface area contributed by atoms with Crippen LogP contribution in [0.2, 0.25) is 0 Å². The molecule has 0 aromatic rings. The van der Waals surface area contributed by atoms with E-state index in [9.17, 15) is 0 Å². The van der Waals surface area contributed by atoms with Gasteiger partial charge in [-0.1, -0.05) is 0 Å². The Morgan fingerprint density at radius 3 is 1.83 bits per heavy atom. The summed E-state index contributed by atoms with van der Waals surface area (Å²) in [7, 11) is 11.0. The van der Waals surface area contributed by atoms with Crippen LogP contribution in [0.3, 0.4) is 0 Å². The minimum absolute atomic E-state index is 0. The maximum atomic E-state index is 5.57. The van der Waals surface area contributed by atoms with Gasteiger partial charge in [0.25, 0.3) is 0 Å². The van der Waals surface area contributed by atoms with Crippen molar-refractivity contribution in [3.63, 3.8) is 0 Å². The molecule has 0 amide bonds. The van der Waals surface area contributed by atoms with Crippen LogP contribution >= 0.6 is 15.4 Å². The molecule has 10 heteroatoms. The summed E-state index contributed by atoms with van der Waals surface area (Å²) in [6, 6.07) is 0. The average molecular weight is 493 g/mol. The molecule has 24 heavy (non-hydrogen) atoms. The largest absolute Gasteiger partial charge is 1.00 e. The molecule has 0 radical (unpaired) electrons. The smallest absolute Gasteiger partial charge is 0.352 e. The first-order valence-electron chi connectivity index (χ1n) is 8.20. The van der Waals surface area contributed by atoms with Gasteiger partial charge in [-0.15, -0.1) is 14.8 Å². The van der Waals surface area contributed by atoms with E-state index in [1.807, 2.05) is 0 Å². The number of hydrogen-bond donors (Lipinski definition) is 2. The Hall–Kier alpha value is 1.15. The van der Waals surface area contributed by atoms with Crippen LogP contribution in [0.25, 0.3) is 0 Å². The third-order valence-electron chi connectivity index (χ3n) is 3.84. The summed E-state index contributed by atoms with van der Waals surface area (Å²) >= 11 is 0. The normalized spacial score (nSPS) is 23.7. The fourth-order valence-corrected chi connectivity index (χ4v) is 11.8. The highest BCUT2D eigenvalue weighted by Crippen LogP contribution is 2.69. The van der Waals surface area contributed by atoms with Crippen molar-refractivity contribution in [2.24, 2.45) is 4.52 Å². The Morgan fingerprint density at radius 1 is 1.04 bits per heavy atom. The van der Waals surface area contributed by atoms with Crippen molar-refractivity contribution in [2.75, 3.05) is 62.4 Å². The number of nitrogens with one attached hydrogen (secondary N) is 2. The van der Waals surface area contributed by atoms with Gasteiger partial charge in [-0.05, 0) is 74.0 Å². The highest BCUT2D eigenvalue weighted by atomic mass is 127. The molecule has 1 unspecified atom stereocenters. The second-order valence-corrected chi connectivity index (χ2v) is 14.4. The van der Waals surface area contributed by atoms with Crippen molar-refractivity contribution in [3.8, 4) is 0 Å². The van der Waals surface area contributed by atoms with Crippen LogP contribution in [0.15, 0.2) is 4.52 Å². The predicted octanol–water partition coefficient (Wildman–Crippen LogP) is -0.388. The zero-order chi connectivity index (χ0) is 18.1. The Bertz CT molecular complexity index is 422. The quantitative estimate of drug-likeness (QED) is 0.402. The predicted molar refractivity (Wildman–Crippen MR) is 105 cm³/mol. The van der Waals surface area contributed by atoms with Gasteiger partial charge in [-0.25, -0.2) is 14.0 Å². The van der Waals surface area contributed by atoms with Crippen molar-refractivity contribution in [3.05, 3.63) is 0 Å². The molecule has 146 valence electrons. The van der Waals surface area contributed by atoms with Gasteiger partial charge in [-0.2, -0.15) is 0 Å². The standard InChI is InChI=1S/C14H38N7P2.HI/c1-14(2,3)16-22(15-12-11-13-21(22)10)17-23(18(4)5,19(6)7)20(8)9;/h15-16H,11-13H2,1-10H3;1H/q+1;/p-1. The molecule has 0 aromatic carbocycles. The van der Waals surface area contributed by atoms with E-state index in [1.165, 1.54) is 0 Å². The van der Waals surface area contributed by atoms with Gasteiger partial charge in [0.15, 0.2) is 0 Å². The van der Waals surface area contributed by atoms with Gasteiger partial charge < -0.3 is 24.0 Å². The van der Waals surface area contributed by atoms with E-state index < -0.39 is 15.4 Å². The Labute approximate surface area is 167 Å². The number of nitrogens with zero attached hydrogens (tertiary/aromatic N) is 5. The minimum atomic E-state index is -2.00. The Morgan fingerprint density at radius 2 is 1.50 bits per heavy atom. The summed E-state index contributed by atoms with van der Waals surface area (Å²) in [4.78, 5) is 0. The van der Waals surface area contributed by atoms with Crippen molar-refractivity contribution >= 4 is 15.4 Å². The van der Waals surface area contributed by atoms with Gasteiger partial charge in [0.2, 0.25) is 7.51 Å². The topological polar surface area (TPSA) is 49.4 Å². The summed E-state index contributed by atoms with van der Waals surface area (Å²) < 4.78 is 14.8. The number of hydrogen-bond acceptors (Lipinski definition) is 4. The summed E-state index contributed by atoms with van der Waals surface area (Å²) in [5.74, 6) is 0. The van der Waals surface area contributed by atoms with E-state index in [-0.39, 0.29) is 29.5 Å². The maximum absolute atomic E-state index is 5.57. The lowest BCUT2D eigenvalue weighted by atomic mass is 10.1. The fraction of sp³-hybridized carbons (Fsp3) is 1.00. The lowest BCUT2D eigenvalue weighted by Crippen LogP contribution is -3.00. The van der Waals surface area contributed by atoms with Crippen LogP contribution in [-0.2, 0) is 0 Å². The summed E-state index contributed by atoms with van der Waals surface area (Å²) in [6.07, 6.45) is 1.16. The first-order chi connectivity index (χ1) is 10.4. The van der Waals surface area contributed by atoms with Crippen molar-refractivity contribution in [1.29, 1.82) is 0 Å². The molecule has 0 aromatic heterocycles. The molecule has 0 saturated carbocycles. The zero-order valence-electron chi connectivity index (χ0n) is 17.1. The van der Waals surface area contributed by atoms with Gasteiger partial charge in [0.05, 0.1) is 0 Å². The third-order valence-corrected chi connectivity index (χ3v) is 11.9. The van der Waals surface area contributed by atoms with Crippen LogP contribution in [0.4, 0.5) is 0 Å². The Balaban J connectivity index is 0.00000529. The molecule has 1 rings (SSSR count). The van der Waals surface area contributed by atoms with Crippen LogP contribution in [0.5, 0.6) is 0 Å². The number of rotatable bonds is 5. The molecule has 2 N–H and O–H groups in total. The lowest BCUT2D eigenvalue weighted by molar-refractivity contribution is -0.00000655. The molecular formula is C14H38IN7P2. The van der Waals surface area contributed by atoms with Crippen LogP contribution in [-0.4, -0.2) is 86.6 Å². The second kappa shape index (κ2) is 9.38. The van der Waals surface area contributed by atoms with E-state index in [4.69, 9.17) is 4.52 Å². The van der Waals surface area contributed by atoms with Gasteiger partial charge in [0, 0.05) is 25.7 Å². The van der Waals surface area contributed by atoms with Crippen LogP contribution in [0.1, 0.15) is 27.2 Å². The molecule has 0 aliphatic carbocycles. The Kier molecular flexibility index (Phi) is 9.83. The summed E-state index contributed by atoms with van der Waals surface area (Å²) in [5, 5.41) is 7.61. The first kappa shape index (κ1) is 25.1. The lowest BCUT2D eigenvalue weighted by Gasteiger charge is -2.44. The summed E-state index contributed by atoms with van der Waals surface area (Å²) in [6.45, 7) is 8.74. The molecule has 1 atom stereocenters. The van der Waals surface area contributed by atoms with Gasteiger partial charge >= 0.3 is 7.87 Å². The molecule has 1 saturated heterocycles. The summed E-state index contributed by atoms with van der Waals surface area (Å²) in [5.41, 5.74) is -0.00350. The van der Waals surface area contributed by atoms with E-state index in [1.54, 1.807) is 0 Å². The fourth-order valence-electron chi connectivity index (χ4n) is 3.01. The van der Waals surface area contributed by atoms with Crippen molar-refractivity contribution < 1.29 is 24.0 Å². The van der Waals surface area contributed by atoms with E-state index >= 15 is 0 Å². The number of halogens is 1. The van der Waals surface area contributed by atoms with Crippen LogP contribution < -0.4 is 34.2 Å². The van der Waals surface area contributed by atoms with Gasteiger partial charge in [0.1, 0.15) is 0 Å². The molecule has 0 spiro atoms. The first-order valence-corrected chi connectivity index (χ1v) is 11.5. The molecular weight excluding hydrogens is 455 g/mol. The third kappa shape index (κ3) is 5.57. The van der Waals surface area contributed by atoms with Gasteiger partial charge in [-0.3, -0.25) is 0 Å². The van der Waals surface area contributed by atoms with E-state index in [0.717, 1.165) is 19.5 Å². The molecule has 1 aliphatic heterocycles. The average Bonchev–Trinajstić information content (AvgIpc) is 2.36. The highest BCUT2D eigenvalue weighted by Gasteiger charge is 2.52.